The molecule has 0 unspecified atom stereocenters. The maximum Gasteiger partial charge on any atom is 0.251 e. The third-order valence-electron chi connectivity index (χ3n) is 5.98. The van der Waals surface area contributed by atoms with Gasteiger partial charge in [-0.3, -0.25) is 4.79 Å². The van der Waals surface area contributed by atoms with Gasteiger partial charge in [-0.1, -0.05) is 12.1 Å². The minimum absolute atomic E-state index is 0.0675. The third-order valence-corrected chi connectivity index (χ3v) is 5.98. The van der Waals surface area contributed by atoms with Gasteiger partial charge in [0.05, 0.1) is 25.5 Å². The molecule has 1 saturated heterocycles. The summed E-state index contributed by atoms with van der Waals surface area (Å²) in [5.74, 6) is 0.449. The molecule has 0 saturated carbocycles. The zero-order chi connectivity index (χ0) is 23.2. The van der Waals surface area contributed by atoms with Crippen molar-refractivity contribution in [2.75, 3.05) is 49.7 Å². The number of fused-ring (bicyclic) bond motifs is 9. The second-order valence-corrected chi connectivity index (χ2v) is 8.47. The molecular formula is C26H29N5O3. The Balaban J connectivity index is 1.46. The summed E-state index contributed by atoms with van der Waals surface area (Å²) >= 11 is 0. The monoisotopic (exact) mass is 459 g/mol. The van der Waals surface area contributed by atoms with Crippen LogP contribution in [0.1, 0.15) is 28.8 Å². The van der Waals surface area contributed by atoms with Gasteiger partial charge in [0.15, 0.2) is 0 Å². The Morgan fingerprint density at radius 3 is 2.56 bits per heavy atom. The van der Waals surface area contributed by atoms with Gasteiger partial charge in [-0.15, -0.1) is 0 Å². The van der Waals surface area contributed by atoms with Crippen LogP contribution in [0, 0.1) is 0 Å². The molecule has 176 valence electrons. The summed E-state index contributed by atoms with van der Waals surface area (Å²) in [6, 6.07) is 15.7. The van der Waals surface area contributed by atoms with Crippen LogP contribution in [-0.4, -0.2) is 55.3 Å². The normalized spacial score (nSPS) is 17.2. The van der Waals surface area contributed by atoms with Crippen molar-refractivity contribution in [1.82, 2.24) is 15.3 Å². The van der Waals surface area contributed by atoms with E-state index >= 15 is 0 Å². The lowest BCUT2D eigenvalue weighted by atomic mass is 10.1. The van der Waals surface area contributed by atoms with E-state index in [0.29, 0.717) is 31.3 Å². The first-order chi connectivity index (χ1) is 16.7. The number of rotatable bonds is 1. The van der Waals surface area contributed by atoms with Gasteiger partial charge in [0.1, 0.15) is 0 Å². The molecule has 4 heterocycles. The van der Waals surface area contributed by atoms with E-state index in [1.807, 2.05) is 30.3 Å². The number of amides is 1. The molecule has 0 aliphatic carbocycles. The van der Waals surface area contributed by atoms with Crippen molar-refractivity contribution < 1.29 is 14.3 Å². The fraction of sp³-hybridized carbons (Fsp3) is 0.346. The first-order valence-electron chi connectivity index (χ1n) is 11.8. The largest absolute Gasteiger partial charge is 0.378 e. The third kappa shape index (κ3) is 5.52. The van der Waals surface area contributed by atoms with Crippen LogP contribution in [0.2, 0.25) is 0 Å². The van der Waals surface area contributed by atoms with Gasteiger partial charge in [-0.05, 0) is 54.8 Å². The summed E-state index contributed by atoms with van der Waals surface area (Å²) < 4.78 is 11.5. The quantitative estimate of drug-likeness (QED) is 0.573. The summed E-state index contributed by atoms with van der Waals surface area (Å²) in [7, 11) is 0. The maximum atomic E-state index is 12.4. The van der Waals surface area contributed by atoms with Crippen molar-refractivity contribution in [2.45, 2.75) is 19.4 Å². The molecule has 1 amide bonds. The molecule has 3 aliphatic rings. The molecule has 3 aliphatic heterocycles. The molecule has 6 bridgehead atoms. The Labute approximate surface area is 199 Å². The SMILES string of the molecule is O=C1NCCCCOCc2cc(cc(N3CCOCC3)c2)Nc2nccc(n2)-c2ccc1cc2. The Morgan fingerprint density at radius 2 is 1.71 bits per heavy atom. The van der Waals surface area contributed by atoms with Crippen LogP contribution < -0.4 is 15.5 Å². The van der Waals surface area contributed by atoms with Crippen LogP contribution in [0.15, 0.2) is 54.7 Å². The first-order valence-corrected chi connectivity index (χ1v) is 11.8. The maximum absolute atomic E-state index is 12.4. The number of hydrogen-bond acceptors (Lipinski definition) is 7. The van der Waals surface area contributed by atoms with Gasteiger partial charge < -0.3 is 25.0 Å². The van der Waals surface area contributed by atoms with Crippen LogP contribution in [0.4, 0.5) is 17.3 Å². The highest BCUT2D eigenvalue weighted by atomic mass is 16.5. The van der Waals surface area contributed by atoms with Gasteiger partial charge in [0.2, 0.25) is 5.95 Å². The van der Waals surface area contributed by atoms with E-state index in [1.54, 1.807) is 6.20 Å². The number of morpholine rings is 1. The van der Waals surface area contributed by atoms with Crippen LogP contribution in [0.3, 0.4) is 0 Å². The second-order valence-electron chi connectivity index (χ2n) is 8.47. The number of ether oxygens (including phenoxy) is 2. The molecule has 2 N–H and O–H groups in total. The van der Waals surface area contributed by atoms with E-state index in [-0.39, 0.29) is 5.91 Å². The van der Waals surface area contributed by atoms with Crippen LogP contribution in [0.5, 0.6) is 0 Å². The summed E-state index contributed by atoms with van der Waals surface area (Å²) in [5, 5.41) is 6.36. The van der Waals surface area contributed by atoms with E-state index in [4.69, 9.17) is 14.5 Å². The number of anilines is 3. The summed E-state index contributed by atoms with van der Waals surface area (Å²) in [6.45, 7) is 4.95. The van der Waals surface area contributed by atoms with Crippen molar-refractivity contribution in [2.24, 2.45) is 0 Å². The van der Waals surface area contributed by atoms with Crippen LogP contribution >= 0.6 is 0 Å². The lowest BCUT2D eigenvalue weighted by molar-refractivity contribution is 0.0946. The first kappa shape index (κ1) is 22.3. The number of carbonyl (C=O) groups excluding carboxylic acids is 1. The molecule has 0 radical (unpaired) electrons. The van der Waals surface area contributed by atoms with Gasteiger partial charge in [-0.25, -0.2) is 9.97 Å². The fourth-order valence-electron chi connectivity index (χ4n) is 4.16. The Kier molecular flexibility index (Phi) is 6.97. The van der Waals surface area contributed by atoms with Crippen molar-refractivity contribution in [1.29, 1.82) is 0 Å². The topological polar surface area (TPSA) is 88.6 Å². The van der Waals surface area contributed by atoms with E-state index < -0.39 is 0 Å². The predicted molar refractivity (Wildman–Crippen MR) is 131 cm³/mol. The molecule has 0 atom stereocenters. The molecule has 3 aromatic rings. The van der Waals surface area contributed by atoms with E-state index in [9.17, 15) is 4.79 Å². The minimum Gasteiger partial charge on any atom is -0.378 e. The fourth-order valence-corrected chi connectivity index (χ4v) is 4.16. The number of hydrogen-bond donors (Lipinski definition) is 2. The van der Waals surface area contributed by atoms with Gasteiger partial charge in [0, 0.05) is 54.9 Å². The van der Waals surface area contributed by atoms with E-state index in [2.05, 4.69) is 38.7 Å². The number of nitrogens with one attached hydrogen (secondary N) is 2. The zero-order valence-corrected chi connectivity index (χ0v) is 19.1. The molecule has 1 fully saturated rings. The molecule has 1 aromatic heterocycles. The van der Waals surface area contributed by atoms with Crippen molar-refractivity contribution >= 4 is 23.2 Å². The zero-order valence-electron chi connectivity index (χ0n) is 19.1. The van der Waals surface area contributed by atoms with Gasteiger partial charge in [-0.2, -0.15) is 0 Å². The Bertz CT molecular complexity index is 1130. The number of nitrogens with zero attached hydrogens (tertiary/aromatic N) is 3. The van der Waals surface area contributed by atoms with Crippen LogP contribution in [-0.2, 0) is 16.1 Å². The van der Waals surface area contributed by atoms with Gasteiger partial charge in [0.25, 0.3) is 5.91 Å². The number of benzene rings is 2. The van der Waals surface area contributed by atoms with Crippen molar-refractivity contribution in [3.05, 3.63) is 65.9 Å². The second kappa shape index (κ2) is 10.6. The number of aromatic nitrogens is 2. The molecule has 34 heavy (non-hydrogen) atoms. The molecule has 8 heteroatoms. The highest BCUT2D eigenvalue weighted by molar-refractivity contribution is 5.94. The number of carbonyl (C=O) groups is 1. The minimum atomic E-state index is -0.0675. The highest BCUT2D eigenvalue weighted by Gasteiger charge is 2.14. The molecule has 8 nitrogen and oxygen atoms in total. The highest BCUT2D eigenvalue weighted by Crippen LogP contribution is 2.27. The molecular weight excluding hydrogens is 430 g/mol. The lowest BCUT2D eigenvalue weighted by Crippen LogP contribution is -2.36. The average molecular weight is 460 g/mol. The standard InChI is InChI=1S/C26H29N5O3/c32-25-21-5-3-20(4-6-21)24-7-9-28-26(30-24)29-22-15-19(18-34-12-2-1-8-27-25)16-23(17-22)31-10-13-33-14-11-31/h3-7,9,15-17H,1-2,8,10-14,18H2,(H,27,32)(H,28,29,30). The van der Waals surface area contributed by atoms with Crippen molar-refractivity contribution in [3.63, 3.8) is 0 Å². The van der Waals surface area contributed by atoms with Gasteiger partial charge >= 0.3 is 0 Å². The lowest BCUT2D eigenvalue weighted by Gasteiger charge is -2.29. The van der Waals surface area contributed by atoms with E-state index in [0.717, 1.165) is 67.3 Å². The molecule has 2 aromatic carbocycles. The average Bonchev–Trinajstić information content (AvgIpc) is 2.88. The van der Waals surface area contributed by atoms with Crippen LogP contribution in [0.25, 0.3) is 11.3 Å². The smallest absolute Gasteiger partial charge is 0.251 e. The summed E-state index contributed by atoms with van der Waals surface area (Å²) in [4.78, 5) is 23.9. The summed E-state index contributed by atoms with van der Waals surface area (Å²) in [5.41, 5.74) is 5.49. The molecule has 0 spiro atoms. The summed E-state index contributed by atoms with van der Waals surface area (Å²) in [6.07, 6.45) is 3.49. The predicted octanol–water partition coefficient (Wildman–Crippen LogP) is 3.76. The molecule has 6 rings (SSSR count). The van der Waals surface area contributed by atoms with E-state index in [1.165, 1.54) is 0 Å². The Morgan fingerprint density at radius 1 is 0.882 bits per heavy atom. The van der Waals surface area contributed by atoms with Crippen molar-refractivity contribution in [3.8, 4) is 11.3 Å². The Hall–Kier alpha value is -3.49.